The van der Waals surface area contributed by atoms with Gasteiger partial charge in [-0.15, -0.1) is 0 Å². The summed E-state index contributed by atoms with van der Waals surface area (Å²) in [5.41, 5.74) is 12.3. The molecule has 14 heteroatoms. The first-order valence-corrected chi connectivity index (χ1v) is 17.3. The Morgan fingerprint density at radius 1 is 1.00 bits per heavy atom. The Labute approximate surface area is 258 Å². The number of sulfone groups is 1. The van der Waals surface area contributed by atoms with Crippen molar-refractivity contribution in [1.29, 1.82) is 0 Å². The van der Waals surface area contributed by atoms with Gasteiger partial charge in [-0.25, -0.2) is 8.42 Å². The number of carbonyl (C=O) groups excluding carboxylic acids is 5. The van der Waals surface area contributed by atoms with Crippen molar-refractivity contribution in [2.45, 2.75) is 99.8 Å². The minimum absolute atomic E-state index is 0.0287. The van der Waals surface area contributed by atoms with Gasteiger partial charge in [0, 0.05) is 44.3 Å². The minimum Gasteiger partial charge on any atom is -0.370 e. The van der Waals surface area contributed by atoms with Crippen molar-refractivity contribution in [3.05, 3.63) is 29.8 Å². The first kappa shape index (κ1) is 33.4. The van der Waals surface area contributed by atoms with Crippen molar-refractivity contribution in [3.63, 3.8) is 0 Å². The van der Waals surface area contributed by atoms with Gasteiger partial charge in [-0.3, -0.25) is 24.0 Å². The molecule has 2 heterocycles. The highest BCUT2D eigenvalue weighted by atomic mass is 32.2. The normalized spacial score (nSPS) is 23.7. The van der Waals surface area contributed by atoms with Gasteiger partial charge in [-0.1, -0.05) is 31.4 Å². The Morgan fingerprint density at radius 2 is 1.68 bits per heavy atom. The number of rotatable bonds is 10. The van der Waals surface area contributed by atoms with Gasteiger partial charge < -0.3 is 31.9 Å². The minimum atomic E-state index is -3.36. The molecule has 5 amide bonds. The van der Waals surface area contributed by atoms with E-state index in [1.807, 2.05) is 0 Å². The SMILES string of the molecule is CS(=O)(=O)c1ccc(CNC(=O)[C@H](CCC(N)=O)NC(=O)[C@@H]2CC[C@@H]3CCN(C(=O)C4CCCCC4)C[C@H](N)C(=O)N32)cc1. The fourth-order valence-corrected chi connectivity index (χ4v) is 7.09. The van der Waals surface area contributed by atoms with E-state index in [0.717, 1.165) is 38.4 Å². The highest BCUT2D eigenvalue weighted by Crippen LogP contribution is 2.31. The van der Waals surface area contributed by atoms with Gasteiger partial charge in [0.15, 0.2) is 9.84 Å². The molecule has 0 spiro atoms. The van der Waals surface area contributed by atoms with Gasteiger partial charge in [-0.2, -0.15) is 0 Å². The zero-order chi connectivity index (χ0) is 32.0. The highest BCUT2D eigenvalue weighted by Gasteiger charge is 2.45. The molecule has 0 unspecified atom stereocenters. The Morgan fingerprint density at radius 3 is 2.32 bits per heavy atom. The molecule has 1 aromatic rings. The molecule has 4 rings (SSSR count). The molecule has 1 aromatic carbocycles. The molecule has 6 N–H and O–H groups in total. The summed E-state index contributed by atoms with van der Waals surface area (Å²) in [6, 6.07) is 2.87. The molecule has 4 atom stereocenters. The lowest BCUT2D eigenvalue weighted by atomic mass is 9.88. The fraction of sp³-hybridized carbons (Fsp3) is 0.633. The first-order valence-electron chi connectivity index (χ1n) is 15.4. The van der Waals surface area contributed by atoms with Crippen molar-refractivity contribution in [3.8, 4) is 0 Å². The average Bonchev–Trinajstić information content (AvgIpc) is 3.42. The number of benzene rings is 1. The summed E-state index contributed by atoms with van der Waals surface area (Å²) in [5.74, 6) is -2.07. The smallest absolute Gasteiger partial charge is 0.243 e. The second-order valence-electron chi connectivity index (χ2n) is 12.2. The number of nitrogens with zero attached hydrogens (tertiary/aromatic N) is 2. The molecule has 13 nitrogen and oxygen atoms in total. The monoisotopic (exact) mass is 632 g/mol. The summed E-state index contributed by atoms with van der Waals surface area (Å²) in [6.45, 7) is 0.619. The van der Waals surface area contributed by atoms with Crippen molar-refractivity contribution in [1.82, 2.24) is 20.4 Å². The van der Waals surface area contributed by atoms with E-state index in [4.69, 9.17) is 11.5 Å². The van der Waals surface area contributed by atoms with Crippen LogP contribution in [0.4, 0.5) is 0 Å². The number of nitrogens with one attached hydrogen (secondary N) is 2. The second kappa shape index (κ2) is 14.5. The summed E-state index contributed by atoms with van der Waals surface area (Å²) in [6.07, 6.45) is 7.29. The van der Waals surface area contributed by atoms with Crippen LogP contribution in [0, 0.1) is 5.92 Å². The van der Waals surface area contributed by atoms with Gasteiger partial charge in [0.25, 0.3) is 0 Å². The van der Waals surface area contributed by atoms with Crippen LogP contribution in [-0.4, -0.2) is 91.3 Å². The maximum Gasteiger partial charge on any atom is 0.243 e. The fourth-order valence-electron chi connectivity index (χ4n) is 6.46. The Balaban J connectivity index is 1.40. The van der Waals surface area contributed by atoms with Crippen LogP contribution in [0.15, 0.2) is 29.2 Å². The molecule has 44 heavy (non-hydrogen) atoms. The maximum atomic E-state index is 13.5. The Hall–Kier alpha value is -3.52. The molecule has 0 radical (unpaired) electrons. The molecule has 3 fully saturated rings. The van der Waals surface area contributed by atoms with Crippen LogP contribution < -0.4 is 22.1 Å². The van der Waals surface area contributed by atoms with Gasteiger partial charge in [0.05, 0.1) is 4.90 Å². The number of amides is 5. The van der Waals surface area contributed by atoms with Crippen molar-refractivity contribution < 1.29 is 32.4 Å². The summed E-state index contributed by atoms with van der Waals surface area (Å²) < 4.78 is 23.4. The Bertz CT molecular complexity index is 1350. The second-order valence-corrected chi connectivity index (χ2v) is 14.2. The van der Waals surface area contributed by atoms with E-state index in [1.165, 1.54) is 17.0 Å². The number of carbonyl (C=O) groups is 5. The van der Waals surface area contributed by atoms with Crippen LogP contribution in [0.1, 0.15) is 69.8 Å². The van der Waals surface area contributed by atoms with Crippen LogP contribution in [0.5, 0.6) is 0 Å². The Kier molecular flexibility index (Phi) is 11.0. The molecule has 0 aromatic heterocycles. The van der Waals surface area contributed by atoms with E-state index in [2.05, 4.69) is 10.6 Å². The predicted octanol–water partition coefficient (Wildman–Crippen LogP) is -0.0439. The molecule has 3 aliphatic rings. The molecule has 2 saturated heterocycles. The molecule has 242 valence electrons. The summed E-state index contributed by atoms with van der Waals surface area (Å²) in [5, 5.41) is 5.43. The number of primary amides is 1. The topological polar surface area (TPSA) is 202 Å². The highest BCUT2D eigenvalue weighted by molar-refractivity contribution is 7.90. The van der Waals surface area contributed by atoms with Gasteiger partial charge >= 0.3 is 0 Å². The van der Waals surface area contributed by atoms with Crippen molar-refractivity contribution in [2.75, 3.05) is 19.3 Å². The van der Waals surface area contributed by atoms with E-state index in [-0.39, 0.29) is 48.7 Å². The quantitative estimate of drug-likeness (QED) is 0.275. The third-order valence-corrected chi connectivity index (χ3v) is 10.1. The number of hydrogen-bond donors (Lipinski definition) is 4. The number of hydrogen-bond acceptors (Lipinski definition) is 8. The van der Waals surface area contributed by atoms with Crippen molar-refractivity contribution in [2.24, 2.45) is 17.4 Å². The third-order valence-electron chi connectivity index (χ3n) is 8.92. The summed E-state index contributed by atoms with van der Waals surface area (Å²) >= 11 is 0. The van der Waals surface area contributed by atoms with E-state index >= 15 is 0 Å². The third kappa shape index (κ3) is 8.35. The molecular weight excluding hydrogens is 588 g/mol. The van der Waals surface area contributed by atoms with Gasteiger partial charge in [-0.05, 0) is 56.2 Å². The lowest BCUT2D eigenvalue weighted by Crippen LogP contribution is -2.60. The molecular formula is C30H44N6O7S. The summed E-state index contributed by atoms with van der Waals surface area (Å²) in [7, 11) is -3.36. The van der Waals surface area contributed by atoms with Crippen LogP contribution in [0.25, 0.3) is 0 Å². The van der Waals surface area contributed by atoms with E-state index in [9.17, 15) is 32.4 Å². The largest absolute Gasteiger partial charge is 0.370 e. The molecule has 1 saturated carbocycles. The van der Waals surface area contributed by atoms with Gasteiger partial charge in [0.1, 0.15) is 18.1 Å². The number of nitrogens with two attached hydrogens (primary N) is 2. The zero-order valence-electron chi connectivity index (χ0n) is 25.2. The van der Waals surface area contributed by atoms with E-state index < -0.39 is 51.6 Å². The zero-order valence-corrected chi connectivity index (χ0v) is 26.0. The average molecular weight is 633 g/mol. The molecule has 0 bridgehead atoms. The van der Waals surface area contributed by atoms with Crippen LogP contribution in [0.3, 0.4) is 0 Å². The van der Waals surface area contributed by atoms with E-state index in [1.54, 1.807) is 17.0 Å². The van der Waals surface area contributed by atoms with E-state index in [0.29, 0.717) is 31.4 Å². The summed E-state index contributed by atoms with van der Waals surface area (Å²) in [4.78, 5) is 68.3. The lowest BCUT2D eigenvalue weighted by molar-refractivity contribution is -0.146. The standard InChI is InChI=1S/C30H44N6O7S/c1-44(42,43)22-10-7-19(8-11-22)17-33-27(38)24(12-14-26(32)37)34-28(39)25-13-9-21-15-16-35(18-23(31)30(41)36(21)25)29(40)20-5-3-2-4-6-20/h7-8,10-11,20-21,23-25H,2-6,9,12-18,31H2,1H3,(H2,32,37)(H,33,38)(H,34,39)/t21-,23+,24+,25+/m1/s1. The first-order chi connectivity index (χ1) is 20.8. The van der Waals surface area contributed by atoms with Crippen LogP contribution in [-0.2, 0) is 40.4 Å². The number of fused-ring (bicyclic) bond motifs is 1. The van der Waals surface area contributed by atoms with Crippen LogP contribution in [0.2, 0.25) is 0 Å². The van der Waals surface area contributed by atoms with Crippen molar-refractivity contribution >= 4 is 39.4 Å². The van der Waals surface area contributed by atoms with Gasteiger partial charge in [0.2, 0.25) is 29.5 Å². The lowest BCUT2D eigenvalue weighted by Gasteiger charge is -2.39. The maximum absolute atomic E-state index is 13.5. The molecule has 2 aliphatic heterocycles. The van der Waals surface area contributed by atoms with Crippen LogP contribution >= 0.6 is 0 Å². The predicted molar refractivity (Wildman–Crippen MR) is 161 cm³/mol. The molecule has 1 aliphatic carbocycles.